The summed E-state index contributed by atoms with van der Waals surface area (Å²) in [7, 11) is 0. The SMILES string of the molecule is OC(C#CI)(c1ccncc1)c1ccc(Cl)cc1Cl. The molecule has 0 fully saturated rings. The van der Waals surface area contributed by atoms with Gasteiger partial charge in [0.15, 0.2) is 5.60 Å². The highest BCUT2D eigenvalue weighted by Gasteiger charge is 2.31. The molecule has 0 bridgehead atoms. The van der Waals surface area contributed by atoms with Gasteiger partial charge in [-0.1, -0.05) is 29.3 Å². The Labute approximate surface area is 134 Å². The Hall–Kier alpha value is -0.800. The van der Waals surface area contributed by atoms with Crippen LogP contribution in [0.15, 0.2) is 42.7 Å². The van der Waals surface area contributed by atoms with Gasteiger partial charge in [-0.25, -0.2) is 0 Å². The summed E-state index contributed by atoms with van der Waals surface area (Å²) in [6.07, 6.45) is 3.19. The smallest absolute Gasteiger partial charge is 0.179 e. The number of rotatable bonds is 2. The van der Waals surface area contributed by atoms with E-state index in [0.717, 1.165) is 0 Å². The summed E-state index contributed by atoms with van der Waals surface area (Å²) in [6.45, 7) is 0. The zero-order chi connectivity index (χ0) is 13.9. The van der Waals surface area contributed by atoms with Crippen LogP contribution in [-0.2, 0) is 5.60 Å². The van der Waals surface area contributed by atoms with Crippen LogP contribution >= 0.6 is 45.8 Å². The molecule has 2 aromatic rings. The minimum absolute atomic E-state index is 0.367. The highest BCUT2D eigenvalue weighted by Crippen LogP contribution is 2.35. The second kappa shape index (κ2) is 6.10. The third-order valence-electron chi connectivity index (χ3n) is 2.65. The lowest BCUT2D eigenvalue weighted by Crippen LogP contribution is -2.25. The molecule has 0 spiro atoms. The van der Waals surface area contributed by atoms with Gasteiger partial charge >= 0.3 is 0 Å². The van der Waals surface area contributed by atoms with Gasteiger partial charge in [0.25, 0.3) is 0 Å². The minimum atomic E-state index is -1.48. The van der Waals surface area contributed by atoms with Gasteiger partial charge in [-0.3, -0.25) is 4.98 Å². The molecule has 96 valence electrons. The van der Waals surface area contributed by atoms with E-state index in [1.165, 1.54) is 0 Å². The van der Waals surface area contributed by atoms with Crippen molar-refractivity contribution < 1.29 is 5.11 Å². The Balaban J connectivity index is 2.65. The van der Waals surface area contributed by atoms with E-state index in [1.807, 2.05) is 22.6 Å². The summed E-state index contributed by atoms with van der Waals surface area (Å²) in [5.41, 5.74) is -0.379. The number of hydrogen-bond acceptors (Lipinski definition) is 2. The predicted octanol–water partition coefficient (Wildman–Crippen LogP) is 4.02. The molecule has 0 saturated carbocycles. The molecule has 0 aliphatic heterocycles. The molecule has 0 aliphatic carbocycles. The van der Waals surface area contributed by atoms with Crippen LogP contribution in [0, 0.1) is 9.85 Å². The van der Waals surface area contributed by atoms with Crippen molar-refractivity contribution in [2.75, 3.05) is 0 Å². The Morgan fingerprint density at radius 1 is 1.16 bits per heavy atom. The van der Waals surface area contributed by atoms with Crippen molar-refractivity contribution in [2.24, 2.45) is 0 Å². The monoisotopic (exact) mass is 403 g/mol. The fourth-order valence-corrected chi connectivity index (χ4v) is 2.67. The Morgan fingerprint density at radius 3 is 2.42 bits per heavy atom. The van der Waals surface area contributed by atoms with Crippen molar-refractivity contribution in [1.82, 2.24) is 4.98 Å². The second-order valence-electron chi connectivity index (χ2n) is 3.79. The molecule has 5 heteroatoms. The van der Waals surface area contributed by atoms with Crippen LogP contribution in [0.5, 0.6) is 0 Å². The average Bonchev–Trinajstić information content (AvgIpc) is 2.39. The first-order chi connectivity index (χ1) is 9.08. The third-order valence-corrected chi connectivity index (χ3v) is 3.46. The fourth-order valence-electron chi connectivity index (χ4n) is 1.74. The lowest BCUT2D eigenvalue weighted by Gasteiger charge is -2.24. The van der Waals surface area contributed by atoms with Crippen LogP contribution in [-0.4, -0.2) is 10.1 Å². The molecule has 1 N–H and O–H groups in total. The highest BCUT2D eigenvalue weighted by atomic mass is 127. The number of pyridine rings is 1. The van der Waals surface area contributed by atoms with E-state index >= 15 is 0 Å². The number of aliphatic hydroxyl groups is 1. The van der Waals surface area contributed by atoms with Gasteiger partial charge < -0.3 is 5.11 Å². The Morgan fingerprint density at radius 2 is 1.84 bits per heavy atom. The van der Waals surface area contributed by atoms with E-state index in [4.69, 9.17) is 23.2 Å². The van der Waals surface area contributed by atoms with Gasteiger partial charge in [0.05, 0.1) is 0 Å². The highest BCUT2D eigenvalue weighted by molar-refractivity contribution is 14.1. The average molecular weight is 404 g/mol. The molecule has 1 aromatic carbocycles. The maximum absolute atomic E-state index is 10.9. The van der Waals surface area contributed by atoms with Crippen LogP contribution < -0.4 is 0 Å². The van der Waals surface area contributed by atoms with Crippen LogP contribution in [0.25, 0.3) is 0 Å². The molecule has 1 aromatic heterocycles. The summed E-state index contributed by atoms with van der Waals surface area (Å²) in [6, 6.07) is 8.33. The van der Waals surface area contributed by atoms with Gasteiger partial charge in [0, 0.05) is 56.2 Å². The van der Waals surface area contributed by atoms with Crippen LogP contribution in [0.1, 0.15) is 11.1 Å². The van der Waals surface area contributed by atoms with Crippen LogP contribution in [0.3, 0.4) is 0 Å². The number of aromatic nitrogens is 1. The third kappa shape index (κ3) is 3.03. The molecule has 2 nitrogen and oxygen atoms in total. The Bertz CT molecular complexity index is 651. The molecule has 0 saturated heterocycles. The van der Waals surface area contributed by atoms with E-state index in [-0.39, 0.29) is 0 Å². The topological polar surface area (TPSA) is 33.1 Å². The molecule has 0 radical (unpaired) electrons. The first-order valence-corrected chi connectivity index (χ1v) is 7.12. The van der Waals surface area contributed by atoms with Crippen molar-refractivity contribution in [1.29, 1.82) is 0 Å². The van der Waals surface area contributed by atoms with Crippen molar-refractivity contribution >= 4 is 45.8 Å². The first kappa shape index (κ1) is 14.6. The van der Waals surface area contributed by atoms with Gasteiger partial charge in [-0.2, -0.15) is 0 Å². The molecule has 1 unspecified atom stereocenters. The van der Waals surface area contributed by atoms with E-state index in [2.05, 4.69) is 14.8 Å². The van der Waals surface area contributed by atoms with E-state index in [0.29, 0.717) is 21.2 Å². The lowest BCUT2D eigenvalue weighted by atomic mass is 9.88. The first-order valence-electron chi connectivity index (χ1n) is 5.29. The number of nitrogens with zero attached hydrogens (tertiary/aromatic N) is 1. The maximum Gasteiger partial charge on any atom is 0.179 e. The van der Waals surface area contributed by atoms with Crippen LogP contribution in [0.2, 0.25) is 10.0 Å². The second-order valence-corrected chi connectivity index (χ2v) is 5.17. The van der Waals surface area contributed by atoms with Crippen LogP contribution in [0.4, 0.5) is 0 Å². The zero-order valence-electron chi connectivity index (χ0n) is 9.57. The zero-order valence-corrected chi connectivity index (χ0v) is 13.2. The Kier molecular flexibility index (Phi) is 4.69. The minimum Gasteiger partial charge on any atom is -0.369 e. The summed E-state index contributed by atoms with van der Waals surface area (Å²) < 4.78 is 2.71. The molecule has 19 heavy (non-hydrogen) atoms. The van der Waals surface area contributed by atoms with Gasteiger partial charge in [-0.05, 0) is 34.1 Å². The van der Waals surface area contributed by atoms with Crippen molar-refractivity contribution in [2.45, 2.75) is 5.60 Å². The van der Waals surface area contributed by atoms with Gasteiger partial charge in [0.1, 0.15) is 0 Å². The largest absolute Gasteiger partial charge is 0.369 e. The molecule has 2 rings (SSSR count). The normalized spacial score (nSPS) is 13.3. The predicted molar refractivity (Wildman–Crippen MR) is 85.5 cm³/mol. The number of benzene rings is 1. The van der Waals surface area contributed by atoms with E-state index < -0.39 is 5.60 Å². The standard InChI is InChI=1S/C14H8Cl2INO/c15-11-1-2-12(13(16)9-11)14(19,5-6-17)10-3-7-18-8-4-10/h1-4,7-9,19H. The van der Waals surface area contributed by atoms with E-state index in [1.54, 1.807) is 42.7 Å². The van der Waals surface area contributed by atoms with Gasteiger partial charge in [0.2, 0.25) is 0 Å². The van der Waals surface area contributed by atoms with Crippen molar-refractivity contribution in [3.8, 4) is 9.85 Å². The number of halogens is 3. The molecule has 1 heterocycles. The summed E-state index contributed by atoms with van der Waals surface area (Å²) in [5, 5.41) is 11.8. The lowest BCUT2D eigenvalue weighted by molar-refractivity contribution is 0.145. The quantitative estimate of drug-likeness (QED) is 0.606. The molecular weight excluding hydrogens is 396 g/mol. The fraction of sp³-hybridized carbons (Fsp3) is 0.0714. The summed E-state index contributed by atoms with van der Waals surface area (Å²) in [5.74, 6) is 2.79. The van der Waals surface area contributed by atoms with Crippen molar-refractivity contribution in [3.63, 3.8) is 0 Å². The molecular formula is C14H8Cl2INO. The molecule has 0 aliphatic rings. The van der Waals surface area contributed by atoms with E-state index in [9.17, 15) is 5.11 Å². The van der Waals surface area contributed by atoms with Gasteiger partial charge in [-0.15, -0.1) is 0 Å². The molecule has 0 amide bonds. The summed E-state index contributed by atoms with van der Waals surface area (Å²) in [4.78, 5) is 3.93. The summed E-state index contributed by atoms with van der Waals surface area (Å²) >= 11 is 13.9. The maximum atomic E-state index is 10.9. The van der Waals surface area contributed by atoms with Crippen molar-refractivity contribution in [3.05, 3.63) is 63.9 Å². The molecule has 1 atom stereocenters. The number of hydrogen-bond donors (Lipinski definition) is 1.